The molecule has 1 aliphatic rings. The summed E-state index contributed by atoms with van der Waals surface area (Å²) in [7, 11) is 0. The van der Waals surface area contributed by atoms with Crippen LogP contribution in [-0.4, -0.2) is 43.0 Å². The van der Waals surface area contributed by atoms with E-state index in [1.54, 1.807) is 0 Å². The summed E-state index contributed by atoms with van der Waals surface area (Å²) in [5, 5.41) is 1.07. The number of piperazine rings is 1. The Hall–Kier alpha value is -0.540. The SMILES string of the molecule is Cc1cccc(N2CCN(CC(C)(C)CBr)CC2)c1C. The summed E-state index contributed by atoms with van der Waals surface area (Å²) in [6, 6.07) is 6.64. The van der Waals surface area contributed by atoms with Gasteiger partial charge in [0, 0.05) is 43.7 Å². The Morgan fingerprint density at radius 2 is 1.75 bits per heavy atom. The molecule has 0 amide bonds. The largest absolute Gasteiger partial charge is 0.369 e. The molecule has 1 fully saturated rings. The molecule has 0 N–H and O–H groups in total. The summed E-state index contributed by atoms with van der Waals surface area (Å²) in [5.74, 6) is 0. The highest BCUT2D eigenvalue weighted by Crippen LogP contribution is 2.25. The highest BCUT2D eigenvalue weighted by Gasteiger charge is 2.24. The Morgan fingerprint density at radius 3 is 2.35 bits per heavy atom. The predicted octanol–water partition coefficient (Wildman–Crippen LogP) is 3.85. The maximum Gasteiger partial charge on any atom is 0.0399 e. The molecule has 0 atom stereocenters. The van der Waals surface area contributed by atoms with Gasteiger partial charge in [0.05, 0.1) is 0 Å². The van der Waals surface area contributed by atoms with Crippen LogP contribution in [0.2, 0.25) is 0 Å². The molecule has 0 spiro atoms. The molecular weight excluding hydrogens is 312 g/mol. The molecule has 1 aromatic rings. The van der Waals surface area contributed by atoms with Crippen molar-refractivity contribution in [2.24, 2.45) is 5.41 Å². The van der Waals surface area contributed by atoms with Crippen LogP contribution in [0, 0.1) is 19.3 Å². The lowest BCUT2D eigenvalue weighted by Crippen LogP contribution is -2.49. The molecule has 2 rings (SSSR count). The van der Waals surface area contributed by atoms with Gasteiger partial charge in [0.1, 0.15) is 0 Å². The topological polar surface area (TPSA) is 6.48 Å². The van der Waals surface area contributed by atoms with Crippen molar-refractivity contribution < 1.29 is 0 Å². The van der Waals surface area contributed by atoms with E-state index in [2.05, 4.69) is 71.6 Å². The van der Waals surface area contributed by atoms with Gasteiger partial charge < -0.3 is 4.90 Å². The van der Waals surface area contributed by atoms with Crippen LogP contribution in [0.3, 0.4) is 0 Å². The molecule has 3 heteroatoms. The minimum atomic E-state index is 0.363. The average molecular weight is 339 g/mol. The van der Waals surface area contributed by atoms with E-state index in [0.29, 0.717) is 5.41 Å². The number of anilines is 1. The van der Waals surface area contributed by atoms with Gasteiger partial charge in [0.2, 0.25) is 0 Å². The lowest BCUT2D eigenvalue weighted by molar-refractivity contribution is 0.186. The number of aryl methyl sites for hydroxylation is 1. The highest BCUT2D eigenvalue weighted by molar-refractivity contribution is 9.09. The standard InChI is InChI=1S/C17H27BrN2/c1-14-6-5-7-16(15(14)2)20-10-8-19(9-11-20)13-17(3,4)12-18/h5-7H,8-13H2,1-4H3. The highest BCUT2D eigenvalue weighted by atomic mass is 79.9. The zero-order valence-electron chi connectivity index (χ0n) is 13.2. The summed E-state index contributed by atoms with van der Waals surface area (Å²) >= 11 is 3.63. The molecule has 0 saturated carbocycles. The van der Waals surface area contributed by atoms with E-state index in [0.717, 1.165) is 18.4 Å². The van der Waals surface area contributed by atoms with Crippen molar-refractivity contribution >= 4 is 21.6 Å². The van der Waals surface area contributed by atoms with Gasteiger partial charge >= 0.3 is 0 Å². The third-order valence-corrected chi connectivity index (χ3v) is 5.82. The minimum Gasteiger partial charge on any atom is -0.369 e. The van der Waals surface area contributed by atoms with E-state index >= 15 is 0 Å². The minimum absolute atomic E-state index is 0.363. The molecule has 0 aromatic heterocycles. The number of alkyl halides is 1. The Bertz CT molecular complexity index is 448. The van der Waals surface area contributed by atoms with Crippen LogP contribution in [0.5, 0.6) is 0 Å². The van der Waals surface area contributed by atoms with Crippen molar-refractivity contribution in [2.45, 2.75) is 27.7 Å². The smallest absolute Gasteiger partial charge is 0.0399 e. The molecule has 0 unspecified atom stereocenters. The van der Waals surface area contributed by atoms with Crippen molar-refractivity contribution in [1.29, 1.82) is 0 Å². The lowest BCUT2D eigenvalue weighted by Gasteiger charge is -2.40. The van der Waals surface area contributed by atoms with Gasteiger partial charge in [0.25, 0.3) is 0 Å². The Kier molecular flexibility index (Phi) is 5.14. The Morgan fingerprint density at radius 1 is 1.10 bits per heavy atom. The summed E-state index contributed by atoms with van der Waals surface area (Å²) in [5.41, 5.74) is 4.61. The first-order chi connectivity index (χ1) is 9.43. The average Bonchev–Trinajstić information content (AvgIpc) is 2.43. The monoisotopic (exact) mass is 338 g/mol. The van der Waals surface area contributed by atoms with Gasteiger partial charge in [-0.05, 0) is 36.5 Å². The molecule has 20 heavy (non-hydrogen) atoms. The molecule has 1 aromatic carbocycles. The quantitative estimate of drug-likeness (QED) is 0.769. The molecule has 0 aliphatic carbocycles. The van der Waals surface area contributed by atoms with E-state index in [9.17, 15) is 0 Å². The van der Waals surface area contributed by atoms with E-state index in [1.807, 2.05) is 0 Å². The number of rotatable bonds is 4. The molecule has 0 bridgehead atoms. The molecule has 1 aliphatic heterocycles. The number of nitrogens with zero attached hydrogens (tertiary/aromatic N) is 2. The van der Waals surface area contributed by atoms with E-state index < -0.39 is 0 Å². The third kappa shape index (κ3) is 3.76. The third-order valence-electron chi connectivity index (χ3n) is 4.30. The number of halogens is 1. The van der Waals surface area contributed by atoms with Crippen molar-refractivity contribution in [3.8, 4) is 0 Å². The fourth-order valence-electron chi connectivity index (χ4n) is 2.87. The maximum absolute atomic E-state index is 3.63. The van der Waals surface area contributed by atoms with Gasteiger partial charge in [-0.1, -0.05) is 41.9 Å². The molecule has 1 saturated heterocycles. The van der Waals surface area contributed by atoms with E-state index in [-0.39, 0.29) is 0 Å². The van der Waals surface area contributed by atoms with Crippen LogP contribution in [0.15, 0.2) is 18.2 Å². The van der Waals surface area contributed by atoms with Crippen LogP contribution < -0.4 is 4.90 Å². The first kappa shape index (κ1) is 15.8. The maximum atomic E-state index is 3.63. The second-order valence-electron chi connectivity index (χ2n) is 6.78. The van der Waals surface area contributed by atoms with Gasteiger partial charge in [-0.3, -0.25) is 4.90 Å². The number of hydrogen-bond donors (Lipinski definition) is 0. The zero-order valence-corrected chi connectivity index (χ0v) is 14.8. The van der Waals surface area contributed by atoms with Gasteiger partial charge in [-0.2, -0.15) is 0 Å². The van der Waals surface area contributed by atoms with Crippen LogP contribution in [-0.2, 0) is 0 Å². The molecular formula is C17H27BrN2. The molecule has 2 nitrogen and oxygen atoms in total. The summed E-state index contributed by atoms with van der Waals surface area (Å²) in [6.45, 7) is 14.9. The fraction of sp³-hybridized carbons (Fsp3) is 0.647. The summed E-state index contributed by atoms with van der Waals surface area (Å²) in [6.07, 6.45) is 0. The Labute approximate surface area is 132 Å². The van der Waals surface area contributed by atoms with E-state index in [1.165, 1.54) is 36.4 Å². The van der Waals surface area contributed by atoms with Crippen molar-refractivity contribution in [3.05, 3.63) is 29.3 Å². The molecule has 1 heterocycles. The van der Waals surface area contributed by atoms with Gasteiger partial charge in [-0.15, -0.1) is 0 Å². The second kappa shape index (κ2) is 6.48. The Balaban J connectivity index is 1.96. The fourth-order valence-corrected chi connectivity index (χ4v) is 3.05. The zero-order chi connectivity index (χ0) is 14.8. The van der Waals surface area contributed by atoms with Crippen LogP contribution in [0.25, 0.3) is 0 Å². The molecule has 112 valence electrons. The normalized spacial score (nSPS) is 17.6. The lowest BCUT2D eigenvalue weighted by atomic mass is 9.95. The van der Waals surface area contributed by atoms with Crippen LogP contribution in [0.4, 0.5) is 5.69 Å². The second-order valence-corrected chi connectivity index (χ2v) is 7.34. The van der Waals surface area contributed by atoms with Gasteiger partial charge in [-0.25, -0.2) is 0 Å². The number of benzene rings is 1. The predicted molar refractivity (Wildman–Crippen MR) is 92.1 cm³/mol. The summed E-state index contributed by atoms with van der Waals surface area (Å²) in [4.78, 5) is 5.14. The van der Waals surface area contributed by atoms with Gasteiger partial charge in [0.15, 0.2) is 0 Å². The van der Waals surface area contributed by atoms with Crippen molar-refractivity contribution in [1.82, 2.24) is 4.90 Å². The first-order valence-corrected chi connectivity index (χ1v) is 8.64. The number of hydrogen-bond acceptors (Lipinski definition) is 2. The summed E-state index contributed by atoms with van der Waals surface area (Å²) < 4.78 is 0. The molecule has 0 radical (unpaired) electrons. The van der Waals surface area contributed by atoms with Crippen LogP contribution >= 0.6 is 15.9 Å². The van der Waals surface area contributed by atoms with Crippen molar-refractivity contribution in [2.75, 3.05) is 43.0 Å². The van der Waals surface area contributed by atoms with Crippen molar-refractivity contribution in [3.63, 3.8) is 0 Å². The first-order valence-electron chi connectivity index (χ1n) is 7.52. The van der Waals surface area contributed by atoms with E-state index in [4.69, 9.17) is 0 Å². The van der Waals surface area contributed by atoms with Crippen LogP contribution in [0.1, 0.15) is 25.0 Å².